The van der Waals surface area contributed by atoms with Crippen LogP contribution in [-0.2, 0) is 4.79 Å². The Morgan fingerprint density at radius 3 is 2.33 bits per heavy atom. The first-order chi connectivity index (χ1) is 13.0. The maximum atomic E-state index is 13.0. The number of hydrogen-bond donors (Lipinski definition) is 0. The molecule has 2 unspecified atom stereocenters. The van der Waals surface area contributed by atoms with Gasteiger partial charge in [0.05, 0.1) is 0 Å². The molecule has 0 heterocycles. The van der Waals surface area contributed by atoms with E-state index in [0.29, 0.717) is 5.78 Å². The molecule has 3 aromatic carbocycles. The third kappa shape index (κ3) is 3.47. The maximum absolute atomic E-state index is 13.0. The average molecular weight is 354 g/mol. The van der Waals surface area contributed by atoms with Crippen LogP contribution in [0.25, 0.3) is 16.3 Å². The highest BCUT2D eigenvalue weighted by Gasteiger charge is 2.35. The Kier molecular flexibility index (Phi) is 4.70. The molecule has 0 N–H and O–H groups in total. The predicted molar refractivity (Wildman–Crippen MR) is 114 cm³/mol. The molecule has 0 saturated carbocycles. The van der Waals surface area contributed by atoms with E-state index in [-0.39, 0.29) is 17.8 Å². The molecule has 0 amide bonds. The minimum absolute atomic E-state index is 0.0394. The van der Waals surface area contributed by atoms with Crippen LogP contribution in [0.15, 0.2) is 72.8 Å². The van der Waals surface area contributed by atoms with Gasteiger partial charge in [0.15, 0.2) is 0 Å². The molecule has 136 valence electrons. The summed E-state index contributed by atoms with van der Waals surface area (Å²) in [5.41, 5.74) is 5.07. The molecule has 0 spiro atoms. The molecule has 1 heteroatoms. The molecule has 0 aromatic heterocycles. The van der Waals surface area contributed by atoms with Crippen molar-refractivity contribution in [3.63, 3.8) is 0 Å². The lowest BCUT2D eigenvalue weighted by atomic mass is 9.81. The highest BCUT2D eigenvalue weighted by atomic mass is 16.1. The number of allylic oxidation sites excluding steroid dienone is 2. The van der Waals surface area contributed by atoms with E-state index in [1.165, 1.54) is 33.0 Å². The second kappa shape index (κ2) is 7.15. The zero-order valence-electron chi connectivity index (χ0n) is 16.3. The fourth-order valence-corrected chi connectivity index (χ4v) is 4.18. The van der Waals surface area contributed by atoms with E-state index in [9.17, 15) is 4.79 Å². The van der Waals surface area contributed by atoms with E-state index in [2.05, 4.69) is 79.7 Å². The first-order valence-electron chi connectivity index (χ1n) is 9.83. The Hall–Kier alpha value is -2.67. The van der Waals surface area contributed by atoms with Crippen LogP contribution in [0.3, 0.4) is 0 Å². The predicted octanol–water partition coefficient (Wildman–Crippen LogP) is 6.56. The Morgan fingerprint density at radius 2 is 1.63 bits per heavy atom. The number of carbonyl (C=O) groups excluding carboxylic acids is 1. The van der Waals surface area contributed by atoms with Crippen molar-refractivity contribution in [3.8, 4) is 0 Å². The summed E-state index contributed by atoms with van der Waals surface area (Å²) in [6.45, 7) is 6.13. The smallest absolute Gasteiger partial charge is 0.142 e. The van der Waals surface area contributed by atoms with Crippen LogP contribution < -0.4 is 0 Å². The summed E-state index contributed by atoms with van der Waals surface area (Å²) in [7, 11) is 0. The molecule has 0 saturated heterocycles. The van der Waals surface area contributed by atoms with Crippen molar-refractivity contribution in [2.45, 2.75) is 33.1 Å². The number of hydrogen-bond acceptors (Lipinski definition) is 1. The summed E-state index contributed by atoms with van der Waals surface area (Å²) in [5.74, 6) is 0.574. The van der Waals surface area contributed by atoms with Crippen molar-refractivity contribution in [2.24, 2.45) is 11.8 Å². The summed E-state index contributed by atoms with van der Waals surface area (Å²) in [4.78, 5) is 13.0. The lowest BCUT2D eigenvalue weighted by Crippen LogP contribution is -2.22. The number of rotatable bonds is 4. The maximum Gasteiger partial charge on any atom is 0.142 e. The Balaban J connectivity index is 1.73. The second-order valence-electron chi connectivity index (χ2n) is 8.06. The molecule has 2 atom stereocenters. The van der Waals surface area contributed by atoms with Crippen molar-refractivity contribution in [3.05, 3.63) is 89.5 Å². The topological polar surface area (TPSA) is 17.1 Å². The fraction of sp³-hybridized carbons (Fsp3) is 0.269. The highest BCUT2D eigenvalue weighted by Crippen LogP contribution is 2.44. The molecule has 27 heavy (non-hydrogen) atoms. The molecular formula is C26H26O. The molecular weight excluding hydrogens is 328 g/mol. The molecule has 4 rings (SSSR count). The van der Waals surface area contributed by atoms with Gasteiger partial charge in [0, 0.05) is 17.8 Å². The first-order valence-corrected chi connectivity index (χ1v) is 9.83. The van der Waals surface area contributed by atoms with E-state index in [1.54, 1.807) is 0 Å². The average Bonchev–Trinajstić information content (AvgIpc) is 3.12. The number of benzene rings is 3. The van der Waals surface area contributed by atoms with Crippen LogP contribution >= 0.6 is 0 Å². The van der Waals surface area contributed by atoms with Crippen LogP contribution in [-0.4, -0.2) is 5.78 Å². The van der Waals surface area contributed by atoms with Crippen molar-refractivity contribution in [2.75, 3.05) is 0 Å². The lowest BCUT2D eigenvalue weighted by molar-refractivity contribution is -0.124. The van der Waals surface area contributed by atoms with Crippen molar-refractivity contribution in [1.29, 1.82) is 0 Å². The van der Waals surface area contributed by atoms with Gasteiger partial charge in [0.1, 0.15) is 5.78 Å². The number of carbonyl (C=O) groups is 1. The van der Waals surface area contributed by atoms with E-state index >= 15 is 0 Å². The summed E-state index contributed by atoms with van der Waals surface area (Å²) in [6.07, 6.45) is 3.15. The Bertz CT molecular complexity index is 1010. The van der Waals surface area contributed by atoms with Gasteiger partial charge in [-0.15, -0.1) is 0 Å². The number of Topliss-reactive ketones (excluding diaryl/α,β-unsaturated/α-hetero) is 1. The third-order valence-electron chi connectivity index (χ3n) is 5.78. The van der Waals surface area contributed by atoms with Crippen molar-refractivity contribution >= 4 is 22.1 Å². The van der Waals surface area contributed by atoms with Crippen molar-refractivity contribution < 1.29 is 4.79 Å². The normalized spacial score (nSPS) is 19.5. The molecule has 0 radical (unpaired) electrons. The van der Waals surface area contributed by atoms with Crippen LogP contribution in [0.1, 0.15) is 42.9 Å². The fourth-order valence-electron chi connectivity index (χ4n) is 4.18. The minimum atomic E-state index is -0.0394. The molecule has 1 aliphatic rings. The second-order valence-corrected chi connectivity index (χ2v) is 8.06. The minimum Gasteiger partial charge on any atom is -0.299 e. The van der Waals surface area contributed by atoms with Gasteiger partial charge in [0.25, 0.3) is 0 Å². The lowest BCUT2D eigenvalue weighted by Gasteiger charge is -2.21. The van der Waals surface area contributed by atoms with Crippen LogP contribution in [0.4, 0.5) is 0 Å². The molecule has 0 fully saturated rings. The summed E-state index contributed by atoms with van der Waals surface area (Å²) in [6, 6.07) is 23.8. The molecule has 0 aliphatic heterocycles. The van der Waals surface area contributed by atoms with Gasteiger partial charge < -0.3 is 0 Å². The summed E-state index contributed by atoms with van der Waals surface area (Å²) >= 11 is 0. The number of fused-ring (bicyclic) bond motifs is 1. The third-order valence-corrected chi connectivity index (χ3v) is 5.78. The van der Waals surface area contributed by atoms with Crippen molar-refractivity contribution in [1.82, 2.24) is 0 Å². The van der Waals surface area contributed by atoms with Gasteiger partial charge in [-0.1, -0.05) is 92.2 Å². The van der Waals surface area contributed by atoms with Gasteiger partial charge in [-0.05, 0) is 40.8 Å². The first kappa shape index (κ1) is 17.7. The van der Waals surface area contributed by atoms with Gasteiger partial charge in [-0.3, -0.25) is 4.79 Å². The zero-order valence-corrected chi connectivity index (χ0v) is 16.3. The number of aryl methyl sites for hydroxylation is 1. The van der Waals surface area contributed by atoms with E-state index in [1.807, 2.05) is 13.8 Å². The van der Waals surface area contributed by atoms with Gasteiger partial charge >= 0.3 is 0 Å². The SMILES string of the molecule is Cc1ccc(C2=CC(C(=O)C(C)C)C(c3ccc4ccccc4c3)C2)cc1. The number of ketones is 1. The molecule has 1 aliphatic carbocycles. The molecule has 0 bridgehead atoms. The zero-order chi connectivity index (χ0) is 19.0. The highest BCUT2D eigenvalue weighted by molar-refractivity contribution is 5.90. The Labute approximate surface area is 161 Å². The molecule has 1 nitrogen and oxygen atoms in total. The van der Waals surface area contributed by atoms with Gasteiger partial charge in [0.2, 0.25) is 0 Å². The quantitative estimate of drug-likeness (QED) is 0.518. The van der Waals surface area contributed by atoms with Crippen LogP contribution in [0.2, 0.25) is 0 Å². The van der Waals surface area contributed by atoms with E-state index in [4.69, 9.17) is 0 Å². The van der Waals surface area contributed by atoms with Gasteiger partial charge in [-0.25, -0.2) is 0 Å². The Morgan fingerprint density at radius 1 is 0.926 bits per heavy atom. The monoisotopic (exact) mass is 354 g/mol. The summed E-state index contributed by atoms with van der Waals surface area (Å²) in [5, 5.41) is 2.49. The largest absolute Gasteiger partial charge is 0.299 e. The van der Waals surface area contributed by atoms with Crippen LogP contribution in [0.5, 0.6) is 0 Å². The van der Waals surface area contributed by atoms with E-state index < -0.39 is 0 Å². The van der Waals surface area contributed by atoms with Gasteiger partial charge in [-0.2, -0.15) is 0 Å². The van der Waals surface area contributed by atoms with Crippen LogP contribution in [0, 0.1) is 18.8 Å². The van der Waals surface area contributed by atoms with E-state index in [0.717, 1.165) is 6.42 Å². The standard InChI is InChI=1S/C26H26O/c1-17(2)26(27)25-16-23(20-10-8-18(3)9-11-20)15-24(25)22-13-12-19-6-4-5-7-21(19)14-22/h4-14,16-17,24-25H,15H2,1-3H3. The summed E-state index contributed by atoms with van der Waals surface area (Å²) < 4.78 is 0. The molecule has 3 aromatic rings.